The van der Waals surface area contributed by atoms with Gasteiger partial charge in [0.15, 0.2) is 0 Å². The molecular weight excluding hydrogens is 364 g/mol. The Morgan fingerprint density at radius 3 is 2.66 bits per heavy atom. The summed E-state index contributed by atoms with van der Waals surface area (Å²) < 4.78 is 5.95. The van der Waals surface area contributed by atoms with Crippen LogP contribution in [0, 0.1) is 5.41 Å². The first-order chi connectivity index (χ1) is 13.9. The maximum absolute atomic E-state index is 12.9. The third-order valence-electron chi connectivity index (χ3n) is 5.27. The van der Waals surface area contributed by atoms with Gasteiger partial charge in [0.1, 0.15) is 12.4 Å². The number of fused-ring (bicyclic) bond motifs is 2. The fourth-order valence-electron chi connectivity index (χ4n) is 3.66. The van der Waals surface area contributed by atoms with Gasteiger partial charge in [0, 0.05) is 23.9 Å². The highest BCUT2D eigenvalue weighted by Gasteiger charge is 2.37. The Labute approximate surface area is 170 Å². The van der Waals surface area contributed by atoms with E-state index in [-0.39, 0.29) is 18.4 Å². The van der Waals surface area contributed by atoms with E-state index in [0.29, 0.717) is 23.5 Å². The first kappa shape index (κ1) is 19.0. The molecule has 0 saturated heterocycles. The van der Waals surface area contributed by atoms with Crippen molar-refractivity contribution in [2.45, 2.75) is 20.8 Å². The largest absolute Gasteiger partial charge is 0.490 e. The normalized spacial score (nSPS) is 15.4. The van der Waals surface area contributed by atoms with Crippen LogP contribution in [0.1, 0.15) is 31.1 Å². The topological polar surface area (TPSA) is 58.6 Å². The number of rotatable bonds is 3. The maximum atomic E-state index is 12.9. The molecule has 5 nitrogen and oxygen atoms in total. The number of nitrogens with one attached hydrogen (secondary N) is 1. The molecule has 0 aliphatic carbocycles. The van der Waals surface area contributed by atoms with Crippen molar-refractivity contribution in [1.82, 2.24) is 0 Å². The molecule has 2 amide bonds. The van der Waals surface area contributed by atoms with E-state index in [1.165, 1.54) is 0 Å². The minimum atomic E-state index is -0.610. The molecule has 4 rings (SSSR count). The molecule has 0 atom stereocenters. The highest BCUT2D eigenvalue weighted by atomic mass is 16.5. The number of carbonyl (C=O) groups excluding carboxylic acids is 2. The van der Waals surface area contributed by atoms with E-state index >= 15 is 0 Å². The summed E-state index contributed by atoms with van der Waals surface area (Å²) in [7, 11) is 0. The highest BCUT2D eigenvalue weighted by molar-refractivity contribution is 6.13. The van der Waals surface area contributed by atoms with Crippen molar-refractivity contribution >= 4 is 34.0 Å². The van der Waals surface area contributed by atoms with E-state index in [2.05, 4.69) is 5.32 Å². The lowest BCUT2D eigenvalue weighted by Crippen LogP contribution is -2.42. The smallest absolute Gasteiger partial charge is 0.256 e. The predicted molar refractivity (Wildman–Crippen MR) is 116 cm³/mol. The van der Waals surface area contributed by atoms with E-state index in [9.17, 15) is 9.59 Å². The minimum Gasteiger partial charge on any atom is -0.490 e. The first-order valence-electron chi connectivity index (χ1n) is 9.78. The number of amides is 2. The van der Waals surface area contributed by atoms with Crippen LogP contribution >= 0.6 is 0 Å². The number of ether oxygens (including phenoxy) is 1. The molecule has 1 N–H and O–H groups in total. The Balaban J connectivity index is 1.65. The lowest BCUT2D eigenvalue weighted by atomic mass is 9.93. The van der Waals surface area contributed by atoms with Crippen LogP contribution in [0.5, 0.6) is 5.75 Å². The van der Waals surface area contributed by atoms with E-state index in [1.54, 1.807) is 17.0 Å². The number of hydrogen-bond donors (Lipinski definition) is 1. The molecular formula is C24H24N2O3. The van der Waals surface area contributed by atoms with Crippen molar-refractivity contribution in [2.75, 3.05) is 23.4 Å². The molecule has 0 aromatic heterocycles. The van der Waals surface area contributed by atoms with Gasteiger partial charge in [-0.1, -0.05) is 36.4 Å². The van der Waals surface area contributed by atoms with Gasteiger partial charge in [-0.2, -0.15) is 0 Å². The van der Waals surface area contributed by atoms with Gasteiger partial charge in [0.25, 0.3) is 5.91 Å². The molecule has 0 spiro atoms. The van der Waals surface area contributed by atoms with Gasteiger partial charge >= 0.3 is 0 Å². The number of benzene rings is 3. The SMILES string of the molecule is CCN1C(=O)C(C)(C)COc2cc(NC(=O)c3cccc4ccccc34)ccc21. The molecule has 1 aliphatic heterocycles. The van der Waals surface area contributed by atoms with Crippen molar-refractivity contribution in [2.24, 2.45) is 5.41 Å². The number of nitrogens with zero attached hydrogens (tertiary/aromatic N) is 1. The molecule has 3 aromatic rings. The summed E-state index contributed by atoms with van der Waals surface area (Å²) in [5, 5.41) is 4.89. The lowest BCUT2D eigenvalue weighted by molar-refractivity contribution is -0.127. The van der Waals surface area contributed by atoms with Gasteiger partial charge in [-0.05, 0) is 49.7 Å². The van der Waals surface area contributed by atoms with Crippen LogP contribution < -0.4 is 15.0 Å². The zero-order valence-electron chi connectivity index (χ0n) is 16.9. The minimum absolute atomic E-state index is 0.0336. The Bertz CT molecular complexity index is 1100. The van der Waals surface area contributed by atoms with Crippen LogP contribution in [0.15, 0.2) is 60.7 Å². The van der Waals surface area contributed by atoms with Gasteiger partial charge in [-0.25, -0.2) is 0 Å². The van der Waals surface area contributed by atoms with Gasteiger partial charge in [-0.15, -0.1) is 0 Å². The average molecular weight is 388 g/mol. The summed E-state index contributed by atoms with van der Waals surface area (Å²) in [5.41, 5.74) is 1.36. The van der Waals surface area contributed by atoms with Crippen LogP contribution in [0.2, 0.25) is 0 Å². The molecule has 1 heterocycles. The Morgan fingerprint density at radius 1 is 1.10 bits per heavy atom. The monoisotopic (exact) mass is 388 g/mol. The van der Waals surface area contributed by atoms with E-state index < -0.39 is 5.41 Å². The van der Waals surface area contributed by atoms with Crippen LogP contribution in [0.3, 0.4) is 0 Å². The summed E-state index contributed by atoms with van der Waals surface area (Å²) in [6, 6.07) is 18.9. The van der Waals surface area contributed by atoms with Gasteiger partial charge < -0.3 is 15.0 Å². The van der Waals surface area contributed by atoms with E-state index in [4.69, 9.17) is 4.74 Å². The summed E-state index contributed by atoms with van der Waals surface area (Å²) >= 11 is 0. The molecule has 0 unspecified atom stereocenters. The number of anilines is 2. The van der Waals surface area contributed by atoms with Gasteiger partial charge in [0.2, 0.25) is 5.91 Å². The van der Waals surface area contributed by atoms with E-state index in [0.717, 1.165) is 16.5 Å². The first-order valence-corrected chi connectivity index (χ1v) is 9.78. The number of hydrogen-bond acceptors (Lipinski definition) is 3. The quantitative estimate of drug-likeness (QED) is 0.697. The second kappa shape index (κ2) is 7.24. The summed E-state index contributed by atoms with van der Waals surface area (Å²) in [6.45, 7) is 6.55. The third kappa shape index (κ3) is 3.44. The fraction of sp³-hybridized carbons (Fsp3) is 0.250. The van der Waals surface area contributed by atoms with Crippen molar-refractivity contribution in [3.8, 4) is 5.75 Å². The van der Waals surface area contributed by atoms with Crippen molar-refractivity contribution in [3.05, 3.63) is 66.2 Å². The Morgan fingerprint density at radius 2 is 1.86 bits per heavy atom. The van der Waals surface area contributed by atoms with Crippen LogP contribution in [0.4, 0.5) is 11.4 Å². The van der Waals surface area contributed by atoms with Crippen molar-refractivity contribution in [3.63, 3.8) is 0 Å². The second-order valence-corrected chi connectivity index (χ2v) is 7.89. The molecule has 148 valence electrons. The maximum Gasteiger partial charge on any atom is 0.256 e. The van der Waals surface area contributed by atoms with Gasteiger partial charge in [0.05, 0.1) is 11.1 Å². The summed E-state index contributed by atoms with van der Waals surface area (Å²) in [4.78, 5) is 27.5. The molecule has 0 bridgehead atoms. The molecule has 3 aromatic carbocycles. The molecule has 0 radical (unpaired) electrons. The molecule has 0 fully saturated rings. The van der Waals surface area contributed by atoms with Crippen LogP contribution in [-0.2, 0) is 4.79 Å². The van der Waals surface area contributed by atoms with Crippen LogP contribution in [-0.4, -0.2) is 25.0 Å². The number of carbonyl (C=O) groups is 2. The Kier molecular flexibility index (Phi) is 4.74. The average Bonchev–Trinajstić information content (AvgIpc) is 2.82. The summed E-state index contributed by atoms with van der Waals surface area (Å²) in [6.07, 6.45) is 0. The van der Waals surface area contributed by atoms with E-state index in [1.807, 2.05) is 69.3 Å². The van der Waals surface area contributed by atoms with Crippen LogP contribution in [0.25, 0.3) is 10.8 Å². The molecule has 1 aliphatic rings. The second-order valence-electron chi connectivity index (χ2n) is 7.89. The Hall–Kier alpha value is -3.34. The fourth-order valence-corrected chi connectivity index (χ4v) is 3.66. The standard InChI is InChI=1S/C24H24N2O3/c1-4-26-20-13-12-17(14-21(20)29-15-24(2,3)23(26)28)25-22(27)19-11-7-9-16-8-5-6-10-18(16)19/h5-14H,4,15H2,1-3H3,(H,25,27). The highest BCUT2D eigenvalue weighted by Crippen LogP contribution is 2.38. The zero-order valence-corrected chi connectivity index (χ0v) is 16.9. The lowest BCUT2D eigenvalue weighted by Gasteiger charge is -2.26. The molecule has 0 saturated carbocycles. The third-order valence-corrected chi connectivity index (χ3v) is 5.27. The van der Waals surface area contributed by atoms with Gasteiger partial charge in [-0.3, -0.25) is 9.59 Å². The summed E-state index contributed by atoms with van der Waals surface area (Å²) in [5.74, 6) is 0.451. The van der Waals surface area contributed by atoms with Crippen molar-refractivity contribution < 1.29 is 14.3 Å². The predicted octanol–water partition coefficient (Wildman–Crippen LogP) is 4.86. The molecule has 5 heteroatoms. The zero-order chi connectivity index (χ0) is 20.6. The molecule has 29 heavy (non-hydrogen) atoms. The van der Waals surface area contributed by atoms with Crippen molar-refractivity contribution in [1.29, 1.82) is 0 Å².